The monoisotopic (exact) mass is 158 g/mol. The summed E-state index contributed by atoms with van der Waals surface area (Å²) in [4.78, 5) is 8.25. The predicted molar refractivity (Wildman–Crippen MR) is 26.3 cm³/mol. The standard InChI is InChI=1S/AsH3.NO3.H3N/c;2-1(3)4;/h1H3;;1H3/q;-1;/p+1. The minimum Gasteiger partial charge on any atom is -0.369 e. The minimum absolute atomic E-state index is 0. The first-order valence-corrected chi connectivity index (χ1v) is 0.548. The van der Waals surface area contributed by atoms with Crippen LogP contribution in [0.15, 0.2) is 0 Å². The van der Waals surface area contributed by atoms with Gasteiger partial charge in [-0.15, -0.1) is 0 Å². The third-order valence-electron chi connectivity index (χ3n) is 0. The van der Waals surface area contributed by atoms with Crippen molar-refractivity contribution in [3.05, 3.63) is 15.3 Å². The maximum Gasteiger partial charge on any atom is -0.369 e. The molecule has 0 saturated heterocycles. The molecule has 1 unspecified atom stereocenters. The van der Waals surface area contributed by atoms with Crippen molar-refractivity contribution in [3.63, 3.8) is 0 Å². The van der Waals surface area contributed by atoms with Gasteiger partial charge in [-0.2, -0.15) is 0 Å². The molecule has 4 N–H and O–H groups in total. The molecule has 5 nitrogen and oxygen atoms in total. The predicted octanol–water partition coefficient (Wildman–Crippen LogP) is -1.05. The van der Waals surface area contributed by atoms with Gasteiger partial charge in [-0.05, 0) is 0 Å². The summed E-state index contributed by atoms with van der Waals surface area (Å²) in [7, 11) is 0. The molecule has 0 fully saturated rings. The summed E-state index contributed by atoms with van der Waals surface area (Å²) in [6.45, 7) is 0. The largest absolute Gasteiger partial charge is 0.369 e. The van der Waals surface area contributed by atoms with E-state index < -0.39 is 5.09 Å². The van der Waals surface area contributed by atoms with Crippen molar-refractivity contribution in [2.45, 2.75) is 0 Å². The van der Waals surface area contributed by atoms with E-state index in [0.29, 0.717) is 0 Å². The number of hydrogen-bond acceptors (Lipinski definition) is 3. The topological polar surface area (TPSA) is 103 Å². The van der Waals surface area contributed by atoms with Gasteiger partial charge in [0.05, 0.1) is 5.09 Å². The van der Waals surface area contributed by atoms with Crippen LogP contribution in [-0.2, 0) is 0 Å². The molecule has 0 aromatic heterocycles. The molecule has 0 spiro atoms. The van der Waals surface area contributed by atoms with E-state index in [1.165, 1.54) is 0 Å². The van der Waals surface area contributed by atoms with Crippen molar-refractivity contribution in [2.24, 2.45) is 0 Å². The molecule has 1 atom stereocenters. The Kier molecular flexibility index (Phi) is 25.3. The molecule has 0 radical (unpaired) electrons. The maximum atomic E-state index is 8.25. The van der Waals surface area contributed by atoms with Crippen LogP contribution >= 0.6 is 0 Å². The van der Waals surface area contributed by atoms with Crippen LogP contribution in [0.25, 0.3) is 0 Å². The molecule has 0 amide bonds. The quantitative estimate of drug-likeness (QED) is 0.276. The normalized spacial score (nSPS) is 4.00. The van der Waals surface area contributed by atoms with Crippen LogP contribution in [0.4, 0.5) is 0 Å². The van der Waals surface area contributed by atoms with E-state index in [1.54, 1.807) is 0 Å². The molecule has 0 rings (SSSR count). The minimum atomic E-state index is -1.75. The van der Waals surface area contributed by atoms with Crippen molar-refractivity contribution in [1.29, 1.82) is 0 Å². The Hall–Kier alpha value is -0.282. The smallest absolute Gasteiger partial charge is 0.369 e. The van der Waals surface area contributed by atoms with Gasteiger partial charge in [0.15, 0.2) is 0 Å². The number of nitrogens with zero attached hydrogens (tertiary/aromatic N) is 1. The van der Waals surface area contributed by atoms with Crippen molar-refractivity contribution >= 4 is 18.0 Å². The van der Waals surface area contributed by atoms with Crippen molar-refractivity contribution in [2.75, 3.05) is 0 Å². The van der Waals surface area contributed by atoms with E-state index in [1.807, 2.05) is 0 Å². The molecule has 0 aliphatic heterocycles. The molecular weight excluding hydrogens is 151 g/mol. The van der Waals surface area contributed by atoms with Crippen LogP contribution in [0.1, 0.15) is 0 Å². The molecule has 6 heteroatoms. The fourth-order valence-corrected chi connectivity index (χ4v) is 0. The van der Waals surface area contributed by atoms with Gasteiger partial charge in [0, 0.05) is 0 Å². The van der Waals surface area contributed by atoms with Crippen molar-refractivity contribution < 1.29 is 5.09 Å². The zero-order valence-corrected chi connectivity index (χ0v) is 6.35. The van der Waals surface area contributed by atoms with Crippen LogP contribution < -0.4 is 6.15 Å². The number of hydrogen-bond donors (Lipinski definition) is 1. The van der Waals surface area contributed by atoms with Crippen LogP contribution in [0, 0.1) is 15.3 Å². The maximum absolute atomic E-state index is 8.25. The van der Waals surface area contributed by atoms with E-state index in [9.17, 15) is 0 Å². The SMILES string of the molecule is O=[N+]([O-])[O-].[AsH3].[NH4+]. The average molecular weight is 158 g/mol. The Bertz CT molecular complexity index is 31.8. The zero-order chi connectivity index (χ0) is 3.58. The van der Waals surface area contributed by atoms with Crippen molar-refractivity contribution in [3.8, 4) is 0 Å². The summed E-state index contributed by atoms with van der Waals surface area (Å²) in [6.07, 6.45) is 0. The Morgan fingerprint density at radius 3 is 1.33 bits per heavy atom. The second kappa shape index (κ2) is 8.83. The van der Waals surface area contributed by atoms with E-state index in [-0.39, 0.29) is 24.1 Å². The van der Waals surface area contributed by atoms with Gasteiger partial charge in [0.1, 0.15) is 0 Å². The zero-order valence-electron chi connectivity index (χ0n) is 3.38. The fraction of sp³-hybridized carbons (Fsp3) is 0. The third kappa shape index (κ3) is 347. The molecule has 6 heavy (non-hydrogen) atoms. The Balaban J connectivity index is -0.0000000450. The summed E-state index contributed by atoms with van der Waals surface area (Å²) >= 11 is 0. The van der Waals surface area contributed by atoms with Gasteiger partial charge in [-0.3, -0.25) is 0 Å². The van der Waals surface area contributed by atoms with Crippen LogP contribution in [0.3, 0.4) is 0 Å². The first-order valence-electron chi connectivity index (χ1n) is 0.548. The van der Waals surface area contributed by atoms with Crippen LogP contribution in [-0.4, -0.2) is 23.0 Å². The van der Waals surface area contributed by atoms with Crippen LogP contribution in [0.5, 0.6) is 0 Å². The number of rotatable bonds is 0. The fourth-order valence-electron chi connectivity index (χ4n) is 0. The first-order chi connectivity index (χ1) is 1.73. The third-order valence-corrected chi connectivity index (χ3v) is 0. The number of quaternary nitrogens is 1. The second-order valence-electron chi connectivity index (χ2n) is 0.224. The Labute approximate surface area is 45.3 Å². The summed E-state index contributed by atoms with van der Waals surface area (Å²) in [5.74, 6) is 0. The molecule has 0 aromatic carbocycles. The average Bonchev–Trinajstić information content (AvgIpc) is 0.811. The summed E-state index contributed by atoms with van der Waals surface area (Å²) < 4.78 is 0. The van der Waals surface area contributed by atoms with E-state index in [4.69, 9.17) is 15.3 Å². The van der Waals surface area contributed by atoms with Gasteiger partial charge in [0.25, 0.3) is 0 Å². The van der Waals surface area contributed by atoms with Crippen molar-refractivity contribution in [1.82, 2.24) is 6.15 Å². The van der Waals surface area contributed by atoms with Gasteiger partial charge in [0.2, 0.25) is 0 Å². The summed E-state index contributed by atoms with van der Waals surface area (Å²) in [5.41, 5.74) is 0. The van der Waals surface area contributed by atoms with E-state index in [0.717, 1.165) is 0 Å². The molecule has 0 aliphatic carbocycles. The van der Waals surface area contributed by atoms with Gasteiger partial charge >= 0.3 is 18.0 Å². The van der Waals surface area contributed by atoms with Gasteiger partial charge in [-0.1, -0.05) is 0 Å². The molecular formula is H7AsN2O3. The molecule has 40 valence electrons. The molecule has 0 bridgehead atoms. The Morgan fingerprint density at radius 1 is 1.33 bits per heavy atom. The summed E-state index contributed by atoms with van der Waals surface area (Å²) in [5, 5.41) is 14.8. The van der Waals surface area contributed by atoms with Crippen LogP contribution in [0.2, 0.25) is 0 Å². The second-order valence-corrected chi connectivity index (χ2v) is 0.224. The molecule has 0 saturated carbocycles. The van der Waals surface area contributed by atoms with E-state index >= 15 is 0 Å². The Morgan fingerprint density at radius 2 is 1.33 bits per heavy atom. The molecule has 0 aliphatic rings. The van der Waals surface area contributed by atoms with E-state index in [2.05, 4.69) is 0 Å². The van der Waals surface area contributed by atoms with Gasteiger partial charge < -0.3 is 21.5 Å². The summed E-state index contributed by atoms with van der Waals surface area (Å²) in [6, 6.07) is 0. The molecule has 0 heterocycles. The van der Waals surface area contributed by atoms with Gasteiger partial charge in [-0.25, -0.2) is 0 Å². The first kappa shape index (κ1) is 17.2. The molecule has 0 aromatic rings.